The standard InChI is InChI=1S/4C12H20O/c2*1-9-5-6-11(13)7-10(9)8-12(2,3)4;2*1-9-10(8-12(2,3)4)6-5-7-11(9)13/h4*8,11,13H,1,5-7H2,2-4H3/b2*10-8-;10-8+;10-8-/t4*11-/m1011/s1. The lowest BCUT2D eigenvalue weighted by Gasteiger charge is -2.25. The van der Waals surface area contributed by atoms with Gasteiger partial charge in [-0.15, -0.1) is 0 Å². The number of allylic oxidation sites excluding steroid dienone is 6. The van der Waals surface area contributed by atoms with E-state index in [-0.39, 0.29) is 46.1 Å². The molecule has 0 aromatic carbocycles. The molecule has 4 heteroatoms. The van der Waals surface area contributed by atoms with Gasteiger partial charge >= 0.3 is 0 Å². The smallest absolute Gasteiger partial charge is 0.0787 e. The van der Waals surface area contributed by atoms with E-state index in [1.807, 2.05) is 0 Å². The minimum Gasteiger partial charge on any atom is -0.393 e. The minimum atomic E-state index is -0.303. The fraction of sp³-hybridized carbons (Fsp3) is 0.667. The lowest BCUT2D eigenvalue weighted by molar-refractivity contribution is 0.157. The predicted molar refractivity (Wildman–Crippen MR) is 226 cm³/mol. The zero-order chi connectivity index (χ0) is 40.2. The first-order valence-corrected chi connectivity index (χ1v) is 19.9. The monoisotopic (exact) mass is 721 g/mol. The number of aliphatic hydroxyl groups excluding tert-OH is 4. The van der Waals surface area contributed by atoms with Gasteiger partial charge in [-0.25, -0.2) is 0 Å². The van der Waals surface area contributed by atoms with E-state index < -0.39 is 0 Å². The molecule has 4 nitrogen and oxygen atoms in total. The van der Waals surface area contributed by atoms with Crippen LogP contribution in [0.2, 0.25) is 0 Å². The summed E-state index contributed by atoms with van der Waals surface area (Å²) < 4.78 is 0. The first-order chi connectivity index (χ1) is 23.6. The highest BCUT2D eigenvalue weighted by molar-refractivity contribution is 5.36. The molecule has 0 aromatic heterocycles. The summed E-state index contributed by atoms with van der Waals surface area (Å²) in [6.07, 6.45) is 19.3. The lowest BCUT2D eigenvalue weighted by Crippen LogP contribution is -2.17. The summed E-state index contributed by atoms with van der Waals surface area (Å²) in [7, 11) is 0. The zero-order valence-electron chi connectivity index (χ0n) is 35.7. The molecule has 0 bridgehead atoms. The second-order valence-electron chi connectivity index (χ2n) is 20.0. The fourth-order valence-corrected chi connectivity index (χ4v) is 6.82. The van der Waals surface area contributed by atoms with Gasteiger partial charge in [0.05, 0.1) is 24.4 Å². The van der Waals surface area contributed by atoms with Gasteiger partial charge in [-0.1, -0.05) is 145 Å². The number of hydrogen-bond acceptors (Lipinski definition) is 4. The van der Waals surface area contributed by atoms with Crippen LogP contribution in [0.15, 0.2) is 95.2 Å². The van der Waals surface area contributed by atoms with Crippen LogP contribution in [0.25, 0.3) is 0 Å². The highest BCUT2D eigenvalue weighted by atomic mass is 16.3. The van der Waals surface area contributed by atoms with E-state index >= 15 is 0 Å². The molecule has 0 aromatic rings. The van der Waals surface area contributed by atoms with E-state index in [2.05, 4.69) is 134 Å². The van der Waals surface area contributed by atoms with E-state index in [9.17, 15) is 20.4 Å². The summed E-state index contributed by atoms with van der Waals surface area (Å²) >= 11 is 0. The van der Waals surface area contributed by atoms with Gasteiger partial charge in [-0.05, 0) is 132 Å². The van der Waals surface area contributed by atoms with E-state index in [0.29, 0.717) is 0 Å². The van der Waals surface area contributed by atoms with Crippen molar-refractivity contribution in [1.29, 1.82) is 0 Å². The van der Waals surface area contributed by atoms with Crippen molar-refractivity contribution in [3.8, 4) is 0 Å². The van der Waals surface area contributed by atoms with Crippen molar-refractivity contribution in [2.45, 2.75) is 185 Å². The molecular formula is C48H80O4. The van der Waals surface area contributed by atoms with Crippen LogP contribution in [0.5, 0.6) is 0 Å². The van der Waals surface area contributed by atoms with Gasteiger partial charge in [-0.2, -0.15) is 0 Å². The lowest BCUT2D eigenvalue weighted by atomic mass is 9.83. The van der Waals surface area contributed by atoms with Gasteiger partial charge in [0.25, 0.3) is 0 Å². The molecule has 0 heterocycles. The maximum atomic E-state index is 9.60. The largest absolute Gasteiger partial charge is 0.393 e. The summed E-state index contributed by atoms with van der Waals surface area (Å²) in [6, 6.07) is 0. The second kappa shape index (κ2) is 20.4. The van der Waals surface area contributed by atoms with Crippen LogP contribution in [-0.2, 0) is 0 Å². The van der Waals surface area contributed by atoms with Gasteiger partial charge in [-0.3, -0.25) is 0 Å². The molecule has 4 fully saturated rings. The van der Waals surface area contributed by atoms with E-state index in [0.717, 1.165) is 88.2 Å². The van der Waals surface area contributed by atoms with Crippen molar-refractivity contribution in [2.24, 2.45) is 21.7 Å². The normalized spacial score (nSPS) is 28.2. The molecule has 4 rings (SSSR count). The zero-order valence-corrected chi connectivity index (χ0v) is 35.7. The van der Waals surface area contributed by atoms with Gasteiger partial charge in [0.1, 0.15) is 0 Å². The molecule has 4 aliphatic carbocycles. The molecule has 4 saturated carbocycles. The van der Waals surface area contributed by atoms with E-state index in [4.69, 9.17) is 0 Å². The summed E-state index contributed by atoms with van der Waals surface area (Å²) in [5.41, 5.74) is 10.1. The molecule has 4 N–H and O–H groups in total. The van der Waals surface area contributed by atoms with Crippen LogP contribution in [0.1, 0.15) is 160 Å². The van der Waals surface area contributed by atoms with Crippen LogP contribution in [0.3, 0.4) is 0 Å². The minimum absolute atomic E-state index is 0.154. The Morgan fingerprint density at radius 2 is 0.692 bits per heavy atom. The maximum absolute atomic E-state index is 9.60. The molecule has 0 radical (unpaired) electrons. The molecular weight excluding hydrogens is 641 g/mol. The van der Waals surface area contributed by atoms with Crippen molar-refractivity contribution in [2.75, 3.05) is 0 Å². The van der Waals surface area contributed by atoms with Gasteiger partial charge in [0.2, 0.25) is 0 Å². The molecule has 4 aliphatic rings. The second-order valence-corrected chi connectivity index (χ2v) is 20.0. The number of aliphatic hydroxyl groups is 4. The fourth-order valence-electron chi connectivity index (χ4n) is 6.82. The van der Waals surface area contributed by atoms with Crippen molar-refractivity contribution < 1.29 is 20.4 Å². The van der Waals surface area contributed by atoms with Crippen molar-refractivity contribution >= 4 is 0 Å². The van der Waals surface area contributed by atoms with Crippen LogP contribution in [0, 0.1) is 21.7 Å². The summed E-state index contributed by atoms with van der Waals surface area (Å²) in [5.74, 6) is 0. The Morgan fingerprint density at radius 1 is 0.423 bits per heavy atom. The SMILES string of the molecule is C=C1/C(=C/C(C)(C)C)CCC[C@H]1O.C=C1/C(=C\C(C)(C)C)CCC[C@H]1O.C=C1CC[C@@H](O)C/C1=C/C(C)(C)C.C=C1CC[C@H](O)C/C1=C/C(C)(C)C. The van der Waals surface area contributed by atoms with Crippen LogP contribution < -0.4 is 0 Å². The molecule has 0 aliphatic heterocycles. The third kappa shape index (κ3) is 20.3. The quantitative estimate of drug-likeness (QED) is 0.201. The predicted octanol–water partition coefficient (Wildman–Crippen LogP) is 12.2. The highest BCUT2D eigenvalue weighted by Gasteiger charge is 2.23. The highest BCUT2D eigenvalue weighted by Crippen LogP contribution is 2.34. The molecule has 4 atom stereocenters. The summed E-state index contributed by atoms with van der Waals surface area (Å²) in [6.45, 7) is 42.1. The van der Waals surface area contributed by atoms with E-state index in [1.165, 1.54) is 33.4 Å². The van der Waals surface area contributed by atoms with Gasteiger partial charge in [0.15, 0.2) is 0 Å². The Kier molecular flexibility index (Phi) is 18.8. The summed E-state index contributed by atoms with van der Waals surface area (Å²) in [4.78, 5) is 0. The first kappa shape index (κ1) is 47.8. The number of rotatable bonds is 0. The summed E-state index contributed by atoms with van der Waals surface area (Å²) in [5, 5.41) is 38.2. The molecule has 296 valence electrons. The molecule has 0 spiro atoms. The number of hydrogen-bond donors (Lipinski definition) is 4. The third-order valence-corrected chi connectivity index (χ3v) is 9.28. The van der Waals surface area contributed by atoms with Crippen LogP contribution >= 0.6 is 0 Å². The Morgan fingerprint density at radius 3 is 0.962 bits per heavy atom. The molecule has 0 unspecified atom stereocenters. The maximum Gasteiger partial charge on any atom is 0.0787 e. The topological polar surface area (TPSA) is 80.9 Å². The molecule has 52 heavy (non-hydrogen) atoms. The van der Waals surface area contributed by atoms with Gasteiger partial charge < -0.3 is 20.4 Å². The third-order valence-electron chi connectivity index (χ3n) is 9.28. The van der Waals surface area contributed by atoms with Crippen molar-refractivity contribution in [1.82, 2.24) is 0 Å². The Bertz CT molecular complexity index is 1200. The Hall–Kier alpha value is -2.24. The molecule has 0 saturated heterocycles. The van der Waals surface area contributed by atoms with Crippen LogP contribution in [-0.4, -0.2) is 44.8 Å². The van der Waals surface area contributed by atoms with Crippen molar-refractivity contribution in [3.05, 3.63) is 95.2 Å². The Balaban J connectivity index is 0.000000347. The average molecular weight is 721 g/mol. The van der Waals surface area contributed by atoms with Gasteiger partial charge in [0, 0.05) is 0 Å². The van der Waals surface area contributed by atoms with E-state index in [1.54, 1.807) is 0 Å². The Labute approximate surface area is 321 Å². The first-order valence-electron chi connectivity index (χ1n) is 19.9. The molecule has 0 amide bonds. The van der Waals surface area contributed by atoms with Crippen molar-refractivity contribution in [3.63, 3.8) is 0 Å². The average Bonchev–Trinajstić information content (AvgIpc) is 2.96. The van der Waals surface area contributed by atoms with Crippen LogP contribution in [0.4, 0.5) is 0 Å².